The van der Waals surface area contributed by atoms with Gasteiger partial charge in [-0.2, -0.15) is 0 Å². The minimum Gasteiger partial charge on any atom is -0.478 e. The van der Waals surface area contributed by atoms with Crippen LogP contribution in [0.25, 0.3) is 0 Å². The molecule has 1 heterocycles. The molecule has 2 N–H and O–H groups in total. The first-order valence-electron chi connectivity index (χ1n) is 5.59. The molecule has 0 bridgehead atoms. The Morgan fingerprint density at radius 3 is 2.88 bits per heavy atom. The predicted molar refractivity (Wildman–Crippen MR) is 67.5 cm³/mol. The summed E-state index contributed by atoms with van der Waals surface area (Å²) in [6, 6.07) is 1.71. The van der Waals surface area contributed by atoms with Gasteiger partial charge in [-0.1, -0.05) is 0 Å². The van der Waals surface area contributed by atoms with E-state index < -0.39 is 5.97 Å². The van der Waals surface area contributed by atoms with Gasteiger partial charge < -0.3 is 15.3 Å². The van der Waals surface area contributed by atoms with Crippen molar-refractivity contribution in [2.45, 2.75) is 19.4 Å². The Labute approximate surface area is 101 Å². The smallest absolute Gasteiger partial charge is 0.337 e. The van der Waals surface area contributed by atoms with Crippen molar-refractivity contribution in [1.82, 2.24) is 9.88 Å². The SMILES string of the molecule is CC(CCN(C)C)Nc1cnccc1C(=O)O. The summed E-state index contributed by atoms with van der Waals surface area (Å²) in [4.78, 5) is 17.0. The molecule has 1 aromatic rings. The lowest BCUT2D eigenvalue weighted by atomic mass is 10.2. The third-order valence-corrected chi connectivity index (χ3v) is 2.46. The third-order valence-electron chi connectivity index (χ3n) is 2.46. The Balaban J connectivity index is 2.64. The number of nitrogens with one attached hydrogen (secondary N) is 1. The van der Waals surface area contributed by atoms with E-state index in [-0.39, 0.29) is 11.6 Å². The maximum Gasteiger partial charge on any atom is 0.337 e. The van der Waals surface area contributed by atoms with Crippen LogP contribution in [0.5, 0.6) is 0 Å². The number of pyridine rings is 1. The van der Waals surface area contributed by atoms with Crippen molar-refractivity contribution in [3.05, 3.63) is 24.0 Å². The molecule has 0 amide bonds. The van der Waals surface area contributed by atoms with Crippen molar-refractivity contribution in [3.8, 4) is 0 Å². The zero-order valence-corrected chi connectivity index (χ0v) is 10.5. The van der Waals surface area contributed by atoms with Gasteiger partial charge in [-0.25, -0.2) is 4.79 Å². The van der Waals surface area contributed by atoms with Crippen LogP contribution < -0.4 is 5.32 Å². The summed E-state index contributed by atoms with van der Waals surface area (Å²) in [6.45, 7) is 2.99. The third kappa shape index (κ3) is 4.40. The number of aromatic carboxylic acids is 1. The Morgan fingerprint density at radius 2 is 2.29 bits per heavy atom. The van der Waals surface area contributed by atoms with Crippen molar-refractivity contribution < 1.29 is 9.90 Å². The van der Waals surface area contributed by atoms with Crippen LogP contribution in [0.2, 0.25) is 0 Å². The van der Waals surface area contributed by atoms with Crippen molar-refractivity contribution in [2.75, 3.05) is 26.0 Å². The molecule has 5 nitrogen and oxygen atoms in total. The molecule has 17 heavy (non-hydrogen) atoms. The lowest BCUT2D eigenvalue weighted by Crippen LogP contribution is -2.23. The van der Waals surface area contributed by atoms with Crippen LogP contribution in [0.4, 0.5) is 5.69 Å². The summed E-state index contributed by atoms with van der Waals surface area (Å²) >= 11 is 0. The van der Waals surface area contributed by atoms with Gasteiger partial charge in [-0.3, -0.25) is 4.98 Å². The molecular weight excluding hydrogens is 218 g/mol. The molecule has 0 saturated carbocycles. The van der Waals surface area contributed by atoms with Crippen molar-refractivity contribution >= 4 is 11.7 Å². The zero-order valence-electron chi connectivity index (χ0n) is 10.5. The largest absolute Gasteiger partial charge is 0.478 e. The van der Waals surface area contributed by atoms with Crippen LogP contribution >= 0.6 is 0 Å². The van der Waals surface area contributed by atoms with E-state index in [9.17, 15) is 4.79 Å². The molecule has 0 radical (unpaired) electrons. The molecule has 1 rings (SSSR count). The Kier molecular flexibility index (Phi) is 4.90. The Morgan fingerprint density at radius 1 is 1.59 bits per heavy atom. The van der Waals surface area contributed by atoms with E-state index in [0.29, 0.717) is 5.69 Å². The van der Waals surface area contributed by atoms with Gasteiger partial charge in [-0.15, -0.1) is 0 Å². The minimum absolute atomic E-state index is 0.208. The fourth-order valence-electron chi connectivity index (χ4n) is 1.49. The van der Waals surface area contributed by atoms with Gasteiger partial charge in [0.2, 0.25) is 0 Å². The van der Waals surface area contributed by atoms with Crippen LogP contribution in [0, 0.1) is 0 Å². The monoisotopic (exact) mass is 237 g/mol. The molecule has 0 fully saturated rings. The van der Waals surface area contributed by atoms with Gasteiger partial charge in [0.05, 0.1) is 17.4 Å². The van der Waals surface area contributed by atoms with E-state index in [4.69, 9.17) is 5.11 Å². The first kappa shape index (κ1) is 13.4. The quantitative estimate of drug-likeness (QED) is 0.785. The summed E-state index contributed by atoms with van der Waals surface area (Å²) in [5.41, 5.74) is 0.836. The first-order chi connectivity index (χ1) is 8.00. The number of hydrogen-bond acceptors (Lipinski definition) is 4. The fourth-order valence-corrected chi connectivity index (χ4v) is 1.49. The van der Waals surface area contributed by atoms with Gasteiger partial charge in [0.1, 0.15) is 0 Å². The van der Waals surface area contributed by atoms with Crippen LogP contribution in [0.3, 0.4) is 0 Å². The second-order valence-electron chi connectivity index (χ2n) is 4.36. The van der Waals surface area contributed by atoms with E-state index in [1.807, 2.05) is 21.0 Å². The molecule has 0 aliphatic heterocycles. The maximum atomic E-state index is 11.0. The second-order valence-corrected chi connectivity index (χ2v) is 4.36. The van der Waals surface area contributed by atoms with Crippen LogP contribution in [0.1, 0.15) is 23.7 Å². The first-order valence-corrected chi connectivity index (χ1v) is 5.59. The van der Waals surface area contributed by atoms with Gasteiger partial charge in [0, 0.05) is 12.2 Å². The highest BCUT2D eigenvalue weighted by Gasteiger charge is 2.11. The van der Waals surface area contributed by atoms with Crippen LogP contribution in [-0.2, 0) is 0 Å². The summed E-state index contributed by atoms with van der Waals surface area (Å²) in [6.07, 6.45) is 3.98. The zero-order chi connectivity index (χ0) is 12.8. The maximum absolute atomic E-state index is 11.0. The molecule has 1 aromatic heterocycles. The topological polar surface area (TPSA) is 65.5 Å². The molecule has 1 atom stereocenters. The lowest BCUT2D eigenvalue weighted by molar-refractivity contribution is 0.0698. The number of carboxylic acids is 1. The number of aromatic nitrogens is 1. The van der Waals surface area contributed by atoms with Gasteiger partial charge in [-0.05, 0) is 40.1 Å². The molecule has 0 aromatic carbocycles. The molecule has 1 unspecified atom stereocenters. The fraction of sp³-hybridized carbons (Fsp3) is 0.500. The summed E-state index contributed by atoms with van der Waals surface area (Å²) in [5.74, 6) is -0.935. The molecule has 5 heteroatoms. The highest BCUT2D eigenvalue weighted by molar-refractivity contribution is 5.93. The van der Waals surface area contributed by atoms with Gasteiger partial charge >= 0.3 is 5.97 Å². The highest BCUT2D eigenvalue weighted by atomic mass is 16.4. The van der Waals surface area contributed by atoms with E-state index >= 15 is 0 Å². The molecular formula is C12H19N3O2. The molecule has 0 spiro atoms. The standard InChI is InChI=1S/C12H19N3O2/c1-9(5-7-15(2)3)14-11-8-13-6-4-10(11)12(16)17/h4,6,8-9,14H,5,7H2,1-3H3,(H,16,17). The van der Waals surface area contributed by atoms with Crippen molar-refractivity contribution in [1.29, 1.82) is 0 Å². The Hall–Kier alpha value is -1.62. The summed E-state index contributed by atoms with van der Waals surface area (Å²) < 4.78 is 0. The molecule has 0 aliphatic carbocycles. The summed E-state index contributed by atoms with van der Waals surface area (Å²) in [5, 5.41) is 12.2. The van der Waals surface area contributed by atoms with Crippen molar-refractivity contribution in [2.24, 2.45) is 0 Å². The molecule has 94 valence electrons. The van der Waals surface area contributed by atoms with Crippen LogP contribution in [-0.4, -0.2) is 47.6 Å². The number of hydrogen-bond donors (Lipinski definition) is 2. The highest BCUT2D eigenvalue weighted by Crippen LogP contribution is 2.15. The number of rotatable bonds is 6. The second kappa shape index (κ2) is 6.20. The van der Waals surface area contributed by atoms with Crippen LogP contribution in [0.15, 0.2) is 18.5 Å². The van der Waals surface area contributed by atoms with Gasteiger partial charge in [0.15, 0.2) is 0 Å². The average molecular weight is 237 g/mol. The minimum atomic E-state index is -0.935. The number of nitrogens with zero attached hydrogens (tertiary/aromatic N) is 2. The Bertz CT molecular complexity index is 380. The molecule has 0 saturated heterocycles. The van der Waals surface area contributed by atoms with E-state index in [1.165, 1.54) is 12.3 Å². The predicted octanol–water partition coefficient (Wildman–Crippen LogP) is 1.53. The average Bonchev–Trinajstić information content (AvgIpc) is 2.27. The normalized spacial score (nSPS) is 12.5. The van der Waals surface area contributed by atoms with E-state index in [0.717, 1.165) is 13.0 Å². The van der Waals surface area contributed by atoms with E-state index in [2.05, 4.69) is 15.2 Å². The lowest BCUT2D eigenvalue weighted by Gasteiger charge is -2.18. The molecule has 0 aliphatic rings. The number of carboxylic acid groups (broad SMARTS) is 1. The summed E-state index contributed by atoms with van der Waals surface area (Å²) in [7, 11) is 4.03. The van der Waals surface area contributed by atoms with Crippen molar-refractivity contribution in [3.63, 3.8) is 0 Å². The van der Waals surface area contributed by atoms with E-state index in [1.54, 1.807) is 6.20 Å². The number of carbonyl (C=O) groups is 1. The number of anilines is 1. The van der Waals surface area contributed by atoms with Gasteiger partial charge in [0.25, 0.3) is 0 Å².